The van der Waals surface area contributed by atoms with Crippen molar-refractivity contribution in [1.29, 1.82) is 0 Å². The molecule has 0 aromatic heterocycles. The number of anilines is 2. The maximum Gasteiger partial charge on any atom is 0.414 e. The molecule has 2 amide bonds. The van der Waals surface area contributed by atoms with Crippen molar-refractivity contribution in [3.05, 3.63) is 24.3 Å². The molecule has 0 spiro atoms. The van der Waals surface area contributed by atoms with E-state index in [9.17, 15) is 9.59 Å². The molecule has 122 valence electrons. The number of hydrazone groups is 1. The smallest absolute Gasteiger partial charge is 0.414 e. The highest BCUT2D eigenvalue weighted by molar-refractivity contribution is 5.90. The molecule has 2 aliphatic heterocycles. The number of nitrogens with one attached hydrogen (secondary N) is 2. The van der Waals surface area contributed by atoms with E-state index in [1.54, 1.807) is 11.2 Å². The highest BCUT2D eigenvalue weighted by Crippen LogP contribution is 2.24. The van der Waals surface area contributed by atoms with Gasteiger partial charge < -0.3 is 20.4 Å². The van der Waals surface area contributed by atoms with Gasteiger partial charge in [-0.1, -0.05) is 0 Å². The van der Waals surface area contributed by atoms with Gasteiger partial charge in [0.2, 0.25) is 5.91 Å². The summed E-state index contributed by atoms with van der Waals surface area (Å²) in [5.74, 6) is -0.137. The monoisotopic (exact) mass is 317 g/mol. The minimum Gasteiger partial charge on any atom is -0.442 e. The van der Waals surface area contributed by atoms with Gasteiger partial charge in [-0.15, -0.1) is 0 Å². The molecule has 3 rings (SSSR count). The quantitative estimate of drug-likeness (QED) is 0.844. The van der Waals surface area contributed by atoms with Gasteiger partial charge in [-0.3, -0.25) is 9.69 Å². The highest BCUT2D eigenvalue weighted by Gasteiger charge is 2.32. The molecule has 0 saturated carbocycles. The lowest BCUT2D eigenvalue weighted by atomic mass is 10.2. The van der Waals surface area contributed by atoms with E-state index >= 15 is 0 Å². The summed E-state index contributed by atoms with van der Waals surface area (Å²) in [6.45, 7) is 3.82. The van der Waals surface area contributed by atoms with Crippen LogP contribution in [0.2, 0.25) is 0 Å². The number of benzene rings is 1. The molecule has 2 aliphatic rings. The van der Waals surface area contributed by atoms with Gasteiger partial charge in [0.15, 0.2) is 0 Å². The molecule has 23 heavy (non-hydrogen) atoms. The molecule has 1 atom stereocenters. The molecule has 0 aliphatic carbocycles. The van der Waals surface area contributed by atoms with E-state index in [-0.39, 0.29) is 12.0 Å². The zero-order valence-electron chi connectivity index (χ0n) is 12.9. The van der Waals surface area contributed by atoms with Crippen LogP contribution in [0.3, 0.4) is 0 Å². The van der Waals surface area contributed by atoms with Gasteiger partial charge in [-0.05, 0) is 24.3 Å². The topological polar surface area (TPSA) is 86.3 Å². The molecule has 2 N–H and O–H groups in total. The molecular weight excluding hydrogens is 298 g/mol. The van der Waals surface area contributed by atoms with Gasteiger partial charge in [-0.25, -0.2) is 4.79 Å². The van der Waals surface area contributed by atoms with Crippen LogP contribution in [0.4, 0.5) is 16.2 Å². The first kappa shape index (κ1) is 15.1. The first-order chi connectivity index (χ1) is 11.1. The standard InChI is InChI=1S/C15H19N5O3/c1-11(21)16-8-14-9-20(15(22)23-14)13-4-2-12(3-5-13)19-7-6-17-18-10-19/h2-5,10,14,17H,6-9H2,1H3,(H,16,21). The average Bonchev–Trinajstić information content (AvgIpc) is 2.95. The second-order valence-electron chi connectivity index (χ2n) is 5.42. The van der Waals surface area contributed by atoms with E-state index in [1.165, 1.54) is 6.92 Å². The number of rotatable bonds is 4. The molecular formula is C15H19N5O3. The Morgan fingerprint density at radius 3 is 2.78 bits per heavy atom. The summed E-state index contributed by atoms with van der Waals surface area (Å²) < 4.78 is 5.26. The maximum atomic E-state index is 12.0. The van der Waals surface area contributed by atoms with Crippen LogP contribution in [0.5, 0.6) is 0 Å². The van der Waals surface area contributed by atoms with Gasteiger partial charge in [-0.2, -0.15) is 5.10 Å². The normalized spacial score (nSPS) is 20.2. The molecule has 8 nitrogen and oxygen atoms in total. The van der Waals surface area contributed by atoms with E-state index < -0.39 is 6.09 Å². The Morgan fingerprint density at radius 2 is 2.13 bits per heavy atom. The molecule has 0 bridgehead atoms. The number of hydrogen-bond acceptors (Lipinski definition) is 6. The third kappa shape index (κ3) is 3.53. The van der Waals surface area contributed by atoms with Crippen molar-refractivity contribution < 1.29 is 14.3 Å². The fraction of sp³-hybridized carbons (Fsp3) is 0.400. The number of nitrogens with zero attached hydrogens (tertiary/aromatic N) is 3. The summed E-state index contributed by atoms with van der Waals surface area (Å²) in [5, 5.41) is 6.69. The van der Waals surface area contributed by atoms with Crippen LogP contribution >= 0.6 is 0 Å². The Labute approximate surface area is 134 Å². The number of carbonyl (C=O) groups excluding carboxylic acids is 2. The lowest BCUT2D eigenvalue weighted by Gasteiger charge is -2.23. The second-order valence-corrected chi connectivity index (χ2v) is 5.42. The third-order valence-corrected chi connectivity index (χ3v) is 3.70. The van der Waals surface area contributed by atoms with Crippen LogP contribution < -0.4 is 20.5 Å². The largest absolute Gasteiger partial charge is 0.442 e. The van der Waals surface area contributed by atoms with Crippen LogP contribution in [0.15, 0.2) is 29.4 Å². The van der Waals surface area contributed by atoms with Crippen molar-refractivity contribution in [3.8, 4) is 0 Å². The number of ether oxygens (including phenoxy) is 1. The predicted octanol–water partition coefficient (Wildman–Crippen LogP) is 0.501. The number of hydrogen-bond donors (Lipinski definition) is 2. The SMILES string of the molecule is CC(=O)NCC1CN(c2ccc(N3C=NNCC3)cc2)C(=O)O1. The van der Waals surface area contributed by atoms with Gasteiger partial charge in [0, 0.05) is 24.8 Å². The van der Waals surface area contributed by atoms with Crippen molar-refractivity contribution in [3.63, 3.8) is 0 Å². The molecule has 1 saturated heterocycles. The van der Waals surface area contributed by atoms with Crippen LogP contribution in [-0.2, 0) is 9.53 Å². The van der Waals surface area contributed by atoms with E-state index in [2.05, 4.69) is 15.8 Å². The average molecular weight is 317 g/mol. The van der Waals surface area contributed by atoms with Crippen molar-refractivity contribution in [1.82, 2.24) is 10.7 Å². The Balaban J connectivity index is 1.65. The van der Waals surface area contributed by atoms with Crippen molar-refractivity contribution in [2.24, 2.45) is 5.10 Å². The summed E-state index contributed by atoms with van der Waals surface area (Å²) in [5.41, 5.74) is 4.69. The van der Waals surface area contributed by atoms with Gasteiger partial charge in [0.05, 0.1) is 19.6 Å². The first-order valence-corrected chi connectivity index (χ1v) is 7.49. The van der Waals surface area contributed by atoms with E-state index in [1.807, 2.05) is 29.2 Å². The lowest BCUT2D eigenvalue weighted by molar-refractivity contribution is -0.119. The lowest BCUT2D eigenvalue weighted by Crippen LogP contribution is -2.35. The summed E-state index contributed by atoms with van der Waals surface area (Å²) in [6.07, 6.45) is 1.02. The molecule has 1 aromatic rings. The molecule has 0 radical (unpaired) electrons. The van der Waals surface area contributed by atoms with Crippen LogP contribution in [-0.4, -0.2) is 50.6 Å². The van der Waals surface area contributed by atoms with Crippen LogP contribution in [0.25, 0.3) is 0 Å². The number of amides is 2. The first-order valence-electron chi connectivity index (χ1n) is 7.49. The van der Waals surface area contributed by atoms with Gasteiger partial charge >= 0.3 is 6.09 Å². The highest BCUT2D eigenvalue weighted by atomic mass is 16.6. The second kappa shape index (κ2) is 6.55. The van der Waals surface area contributed by atoms with Crippen molar-refractivity contribution in [2.75, 3.05) is 36.0 Å². The predicted molar refractivity (Wildman–Crippen MR) is 86.6 cm³/mol. The zero-order valence-corrected chi connectivity index (χ0v) is 12.9. The minimum atomic E-state index is -0.392. The number of cyclic esters (lactones) is 1. The van der Waals surface area contributed by atoms with Gasteiger partial charge in [0.1, 0.15) is 12.4 Å². The fourth-order valence-electron chi connectivity index (χ4n) is 2.52. The third-order valence-electron chi connectivity index (χ3n) is 3.70. The van der Waals surface area contributed by atoms with E-state index in [0.717, 1.165) is 24.5 Å². The molecule has 1 aromatic carbocycles. The Kier molecular flexibility index (Phi) is 4.31. The van der Waals surface area contributed by atoms with E-state index in [0.29, 0.717) is 13.1 Å². The Morgan fingerprint density at radius 1 is 1.39 bits per heavy atom. The maximum absolute atomic E-state index is 12.0. The van der Waals surface area contributed by atoms with Crippen LogP contribution in [0.1, 0.15) is 6.92 Å². The summed E-state index contributed by atoms with van der Waals surface area (Å²) in [6, 6.07) is 7.66. The summed E-state index contributed by atoms with van der Waals surface area (Å²) in [4.78, 5) is 26.5. The molecule has 1 fully saturated rings. The number of carbonyl (C=O) groups is 2. The fourth-order valence-corrected chi connectivity index (χ4v) is 2.52. The summed E-state index contributed by atoms with van der Waals surface area (Å²) >= 11 is 0. The molecule has 2 heterocycles. The van der Waals surface area contributed by atoms with E-state index in [4.69, 9.17) is 4.74 Å². The van der Waals surface area contributed by atoms with Gasteiger partial charge in [0.25, 0.3) is 0 Å². The minimum absolute atomic E-state index is 0.137. The summed E-state index contributed by atoms with van der Waals surface area (Å²) in [7, 11) is 0. The van der Waals surface area contributed by atoms with Crippen molar-refractivity contribution >= 4 is 29.7 Å². The molecule has 1 unspecified atom stereocenters. The van der Waals surface area contributed by atoms with Crippen LogP contribution in [0, 0.1) is 0 Å². The zero-order chi connectivity index (χ0) is 16.2. The Bertz CT molecular complexity index is 616. The van der Waals surface area contributed by atoms with Crippen molar-refractivity contribution in [2.45, 2.75) is 13.0 Å². The Hall–Kier alpha value is -2.77. The molecule has 8 heteroatoms.